The Morgan fingerprint density at radius 2 is 2.00 bits per heavy atom. The van der Waals surface area contributed by atoms with Gasteiger partial charge in [0.1, 0.15) is 6.10 Å². The monoisotopic (exact) mass is 236 g/mol. The Balaban J connectivity index is 2.19. The molecule has 0 saturated heterocycles. The average molecular weight is 236 g/mol. The second-order valence-electron chi connectivity index (χ2n) is 4.78. The van der Waals surface area contributed by atoms with Crippen molar-refractivity contribution in [1.29, 1.82) is 0 Å². The SMILES string of the molecule is COCC(OC)c1ccccc1CC1(O)CC1. The van der Waals surface area contributed by atoms with Gasteiger partial charge in [0, 0.05) is 20.6 Å². The normalized spacial score (nSPS) is 19.0. The molecule has 0 amide bonds. The van der Waals surface area contributed by atoms with Crippen LogP contribution in [0.5, 0.6) is 0 Å². The Hall–Kier alpha value is -0.900. The van der Waals surface area contributed by atoms with Crippen molar-refractivity contribution < 1.29 is 14.6 Å². The zero-order valence-electron chi connectivity index (χ0n) is 10.5. The van der Waals surface area contributed by atoms with Crippen LogP contribution in [0.1, 0.15) is 30.1 Å². The molecule has 1 fully saturated rings. The fourth-order valence-corrected chi connectivity index (χ4v) is 2.12. The van der Waals surface area contributed by atoms with Crippen LogP contribution in [0, 0.1) is 0 Å². The minimum absolute atomic E-state index is 0.0569. The number of methoxy groups -OCH3 is 2. The lowest BCUT2D eigenvalue weighted by Crippen LogP contribution is -2.16. The van der Waals surface area contributed by atoms with Crippen LogP contribution in [0.4, 0.5) is 0 Å². The maximum absolute atomic E-state index is 10.0. The lowest BCUT2D eigenvalue weighted by Gasteiger charge is -2.19. The minimum Gasteiger partial charge on any atom is -0.390 e. The predicted molar refractivity (Wildman–Crippen MR) is 66.0 cm³/mol. The molecule has 0 spiro atoms. The molecule has 0 radical (unpaired) electrons. The average Bonchev–Trinajstić information content (AvgIpc) is 3.05. The van der Waals surface area contributed by atoms with E-state index in [4.69, 9.17) is 9.47 Å². The van der Waals surface area contributed by atoms with Crippen molar-refractivity contribution in [3.63, 3.8) is 0 Å². The molecule has 17 heavy (non-hydrogen) atoms. The summed E-state index contributed by atoms with van der Waals surface area (Å²) in [5, 5.41) is 10.0. The van der Waals surface area contributed by atoms with Crippen molar-refractivity contribution in [2.24, 2.45) is 0 Å². The molecule has 1 N–H and O–H groups in total. The third-order valence-electron chi connectivity index (χ3n) is 3.35. The Labute approximate surface area is 102 Å². The highest BCUT2D eigenvalue weighted by atomic mass is 16.5. The fraction of sp³-hybridized carbons (Fsp3) is 0.571. The molecule has 1 aliphatic carbocycles. The van der Waals surface area contributed by atoms with Crippen LogP contribution in [-0.4, -0.2) is 31.5 Å². The molecule has 3 nitrogen and oxygen atoms in total. The van der Waals surface area contributed by atoms with E-state index in [1.807, 2.05) is 18.2 Å². The first-order valence-corrected chi connectivity index (χ1v) is 6.00. The largest absolute Gasteiger partial charge is 0.390 e. The van der Waals surface area contributed by atoms with Crippen LogP contribution in [0.15, 0.2) is 24.3 Å². The van der Waals surface area contributed by atoms with E-state index >= 15 is 0 Å². The molecule has 94 valence electrons. The van der Waals surface area contributed by atoms with Crippen LogP contribution < -0.4 is 0 Å². The first-order valence-electron chi connectivity index (χ1n) is 6.00. The Bertz CT molecular complexity index is 371. The molecule has 0 heterocycles. The molecular formula is C14H20O3. The lowest BCUT2D eigenvalue weighted by molar-refractivity contribution is 0.0265. The van der Waals surface area contributed by atoms with Gasteiger partial charge in [0.25, 0.3) is 0 Å². The van der Waals surface area contributed by atoms with Gasteiger partial charge in [-0.1, -0.05) is 24.3 Å². The van der Waals surface area contributed by atoms with Crippen LogP contribution in [-0.2, 0) is 15.9 Å². The Kier molecular flexibility index (Phi) is 3.82. The van der Waals surface area contributed by atoms with Crippen molar-refractivity contribution in [3.8, 4) is 0 Å². The van der Waals surface area contributed by atoms with Crippen molar-refractivity contribution in [2.45, 2.75) is 31.0 Å². The number of aliphatic hydroxyl groups is 1. The van der Waals surface area contributed by atoms with Gasteiger partial charge in [-0.3, -0.25) is 0 Å². The summed E-state index contributed by atoms with van der Waals surface area (Å²) in [4.78, 5) is 0. The van der Waals surface area contributed by atoms with E-state index < -0.39 is 5.60 Å². The smallest absolute Gasteiger partial charge is 0.106 e. The van der Waals surface area contributed by atoms with E-state index in [1.54, 1.807) is 14.2 Å². The van der Waals surface area contributed by atoms with Gasteiger partial charge in [-0.05, 0) is 24.0 Å². The predicted octanol–water partition coefficient (Wildman–Crippen LogP) is 2.09. The van der Waals surface area contributed by atoms with E-state index in [0.717, 1.165) is 24.0 Å². The fourth-order valence-electron chi connectivity index (χ4n) is 2.12. The van der Waals surface area contributed by atoms with E-state index in [2.05, 4.69) is 6.07 Å². The molecule has 0 aromatic heterocycles. The van der Waals surface area contributed by atoms with Crippen molar-refractivity contribution >= 4 is 0 Å². The summed E-state index contributed by atoms with van der Waals surface area (Å²) >= 11 is 0. The number of ether oxygens (including phenoxy) is 2. The maximum atomic E-state index is 10.0. The van der Waals surface area contributed by atoms with Gasteiger partial charge in [0.15, 0.2) is 0 Å². The highest BCUT2D eigenvalue weighted by Gasteiger charge is 2.40. The second-order valence-corrected chi connectivity index (χ2v) is 4.78. The number of hydrogen-bond donors (Lipinski definition) is 1. The highest BCUT2D eigenvalue weighted by Crippen LogP contribution is 2.39. The topological polar surface area (TPSA) is 38.7 Å². The van der Waals surface area contributed by atoms with Gasteiger partial charge >= 0.3 is 0 Å². The Morgan fingerprint density at radius 1 is 1.29 bits per heavy atom. The zero-order chi connectivity index (χ0) is 12.3. The van der Waals surface area contributed by atoms with Crippen LogP contribution >= 0.6 is 0 Å². The molecule has 0 bridgehead atoms. The Morgan fingerprint density at radius 3 is 2.59 bits per heavy atom. The van der Waals surface area contributed by atoms with Gasteiger partial charge in [0.05, 0.1) is 12.2 Å². The molecule has 0 aliphatic heterocycles. The highest BCUT2D eigenvalue weighted by molar-refractivity contribution is 5.31. The van der Waals surface area contributed by atoms with Gasteiger partial charge < -0.3 is 14.6 Å². The minimum atomic E-state index is -0.471. The van der Waals surface area contributed by atoms with Crippen molar-refractivity contribution in [2.75, 3.05) is 20.8 Å². The van der Waals surface area contributed by atoms with Gasteiger partial charge in [-0.15, -0.1) is 0 Å². The van der Waals surface area contributed by atoms with Crippen LogP contribution in [0.2, 0.25) is 0 Å². The van der Waals surface area contributed by atoms with Gasteiger partial charge in [0.2, 0.25) is 0 Å². The molecule has 1 unspecified atom stereocenters. The number of rotatable bonds is 6. The van der Waals surface area contributed by atoms with Crippen molar-refractivity contribution in [1.82, 2.24) is 0 Å². The summed E-state index contributed by atoms with van der Waals surface area (Å²) in [7, 11) is 3.36. The summed E-state index contributed by atoms with van der Waals surface area (Å²) in [5.41, 5.74) is 1.81. The lowest BCUT2D eigenvalue weighted by atomic mass is 9.97. The second kappa shape index (κ2) is 5.17. The summed E-state index contributed by atoms with van der Waals surface area (Å²) < 4.78 is 10.6. The summed E-state index contributed by atoms with van der Waals surface area (Å²) in [6.07, 6.45) is 2.47. The van der Waals surface area contributed by atoms with E-state index in [9.17, 15) is 5.11 Å². The molecule has 1 aromatic carbocycles. The van der Waals surface area contributed by atoms with Crippen LogP contribution in [0.25, 0.3) is 0 Å². The number of benzene rings is 1. The summed E-state index contributed by atoms with van der Waals surface area (Å²) in [6, 6.07) is 8.11. The molecule has 1 aliphatic rings. The van der Waals surface area contributed by atoms with E-state index in [1.165, 1.54) is 0 Å². The molecule has 1 saturated carbocycles. The number of hydrogen-bond acceptors (Lipinski definition) is 3. The summed E-state index contributed by atoms with van der Waals surface area (Å²) in [6.45, 7) is 0.534. The third kappa shape index (κ3) is 3.06. The third-order valence-corrected chi connectivity index (χ3v) is 3.35. The van der Waals surface area contributed by atoms with Gasteiger partial charge in [-0.25, -0.2) is 0 Å². The standard InChI is InChI=1S/C14H20O3/c1-16-10-13(17-2)12-6-4-3-5-11(12)9-14(15)7-8-14/h3-6,13,15H,7-10H2,1-2H3. The molecule has 1 atom stereocenters. The summed E-state index contributed by atoms with van der Waals surface area (Å²) in [5.74, 6) is 0. The molecule has 3 heteroatoms. The zero-order valence-corrected chi connectivity index (χ0v) is 10.5. The quantitative estimate of drug-likeness (QED) is 0.822. The molecule has 2 rings (SSSR count). The van der Waals surface area contributed by atoms with Crippen LogP contribution in [0.3, 0.4) is 0 Å². The van der Waals surface area contributed by atoms with E-state index in [0.29, 0.717) is 13.0 Å². The molecular weight excluding hydrogens is 216 g/mol. The first kappa shape index (κ1) is 12.6. The first-order chi connectivity index (χ1) is 8.18. The van der Waals surface area contributed by atoms with Crippen molar-refractivity contribution in [3.05, 3.63) is 35.4 Å². The van der Waals surface area contributed by atoms with E-state index in [-0.39, 0.29) is 6.10 Å². The molecule has 1 aromatic rings. The maximum Gasteiger partial charge on any atom is 0.106 e. The van der Waals surface area contributed by atoms with Gasteiger partial charge in [-0.2, -0.15) is 0 Å².